The summed E-state index contributed by atoms with van der Waals surface area (Å²) in [5.74, 6) is 2.17. The van der Waals surface area contributed by atoms with Crippen LogP contribution in [0.15, 0.2) is 4.99 Å². The molecule has 1 heterocycles. The normalized spacial score (nSPS) is 21.9. The van der Waals surface area contributed by atoms with Gasteiger partial charge in [-0.25, -0.2) is 8.42 Å². The average molecular weight is 378 g/mol. The number of hydrogen-bond donors (Lipinski definition) is 1. The molecule has 1 aliphatic heterocycles. The molecule has 1 spiro atoms. The maximum absolute atomic E-state index is 11.0. The van der Waals surface area contributed by atoms with E-state index in [0.717, 1.165) is 24.8 Å². The lowest BCUT2D eigenvalue weighted by molar-refractivity contribution is 0.153. The van der Waals surface area contributed by atoms with Crippen molar-refractivity contribution in [2.45, 2.75) is 36.9 Å². The van der Waals surface area contributed by atoms with E-state index in [9.17, 15) is 8.42 Å². The van der Waals surface area contributed by atoms with Crippen molar-refractivity contribution in [2.75, 3.05) is 57.7 Å². The van der Waals surface area contributed by atoms with E-state index in [2.05, 4.69) is 27.0 Å². The number of rotatable bonds is 6. The van der Waals surface area contributed by atoms with Crippen molar-refractivity contribution in [2.24, 2.45) is 4.99 Å². The molecule has 0 atom stereocenters. The molecule has 0 aromatic rings. The molecule has 2 aliphatic rings. The molecule has 8 heteroatoms. The third kappa shape index (κ3) is 6.44. The zero-order valence-electron chi connectivity index (χ0n) is 14.9. The summed E-state index contributed by atoms with van der Waals surface area (Å²) in [4.78, 5) is 6.79. The Morgan fingerprint density at radius 3 is 2.71 bits per heavy atom. The Labute approximate surface area is 150 Å². The Kier molecular flexibility index (Phi) is 7.68. The molecule has 24 heavy (non-hydrogen) atoms. The lowest BCUT2D eigenvalue weighted by Crippen LogP contribution is -2.53. The minimum atomic E-state index is -2.95. The molecule has 1 saturated carbocycles. The topological polar surface area (TPSA) is 71.0 Å². The number of aliphatic imine (C=N–C) groups is 1. The first-order valence-electron chi connectivity index (χ1n) is 8.79. The Balaban J connectivity index is 1.73. The van der Waals surface area contributed by atoms with Gasteiger partial charge in [-0.2, -0.15) is 11.8 Å². The number of sulfone groups is 1. The highest BCUT2D eigenvalue weighted by Crippen LogP contribution is 2.42. The van der Waals surface area contributed by atoms with Gasteiger partial charge in [0.15, 0.2) is 5.96 Å². The summed E-state index contributed by atoms with van der Waals surface area (Å²) in [6.45, 7) is 3.49. The highest BCUT2D eigenvalue weighted by Gasteiger charge is 2.38. The van der Waals surface area contributed by atoms with Crippen LogP contribution in [0.5, 0.6) is 0 Å². The molecule has 0 aromatic carbocycles. The minimum absolute atomic E-state index is 0.0770. The van der Waals surface area contributed by atoms with Gasteiger partial charge < -0.3 is 15.0 Å². The standard InChI is InChI=1S/C16H31N3O3S2/c1-17-15(18-8-10-22-11-13-24(2,20)21)19-9-12-23-16(14-19)6-4-3-5-7-16/h3-14H2,1-2H3,(H,17,18). The molecule has 2 rings (SSSR count). The average Bonchev–Trinajstić information content (AvgIpc) is 2.54. The molecule has 0 radical (unpaired) electrons. The molecule has 0 aromatic heterocycles. The fourth-order valence-electron chi connectivity index (χ4n) is 3.40. The molecule has 1 saturated heterocycles. The Bertz CT molecular complexity index is 511. The van der Waals surface area contributed by atoms with Crippen LogP contribution in [-0.2, 0) is 14.6 Å². The van der Waals surface area contributed by atoms with Crippen molar-refractivity contribution >= 4 is 27.6 Å². The molecule has 0 amide bonds. The van der Waals surface area contributed by atoms with E-state index in [4.69, 9.17) is 4.74 Å². The van der Waals surface area contributed by atoms with Gasteiger partial charge in [0, 0.05) is 43.4 Å². The first-order valence-corrected chi connectivity index (χ1v) is 11.8. The van der Waals surface area contributed by atoms with E-state index in [1.54, 1.807) is 0 Å². The number of guanidine groups is 1. The van der Waals surface area contributed by atoms with E-state index >= 15 is 0 Å². The second-order valence-electron chi connectivity index (χ2n) is 6.73. The van der Waals surface area contributed by atoms with Gasteiger partial charge in [0.1, 0.15) is 9.84 Å². The summed E-state index contributed by atoms with van der Waals surface area (Å²) in [6.07, 6.45) is 7.94. The van der Waals surface area contributed by atoms with Crippen LogP contribution in [0.1, 0.15) is 32.1 Å². The fraction of sp³-hybridized carbons (Fsp3) is 0.938. The molecule has 140 valence electrons. The monoisotopic (exact) mass is 377 g/mol. The second kappa shape index (κ2) is 9.29. The Morgan fingerprint density at radius 2 is 2.04 bits per heavy atom. The van der Waals surface area contributed by atoms with Crippen molar-refractivity contribution < 1.29 is 13.2 Å². The summed E-state index contributed by atoms with van der Waals surface area (Å²) < 4.78 is 27.9. The van der Waals surface area contributed by atoms with Crippen LogP contribution in [0.25, 0.3) is 0 Å². The predicted octanol–water partition coefficient (Wildman–Crippen LogP) is 1.37. The number of nitrogens with zero attached hydrogens (tertiary/aromatic N) is 2. The molecular formula is C16H31N3O3S2. The van der Waals surface area contributed by atoms with Gasteiger partial charge in [0.25, 0.3) is 0 Å². The maximum atomic E-state index is 11.0. The van der Waals surface area contributed by atoms with E-state index in [1.807, 2.05) is 7.05 Å². The zero-order chi connectivity index (χ0) is 17.5. The highest BCUT2D eigenvalue weighted by molar-refractivity contribution is 8.00. The van der Waals surface area contributed by atoms with Crippen LogP contribution in [-0.4, -0.2) is 81.7 Å². The Hall–Kier alpha value is -0.470. The van der Waals surface area contributed by atoms with Crippen LogP contribution < -0.4 is 5.32 Å². The van der Waals surface area contributed by atoms with E-state index in [0.29, 0.717) is 17.9 Å². The molecule has 0 bridgehead atoms. The van der Waals surface area contributed by atoms with Crippen molar-refractivity contribution in [3.63, 3.8) is 0 Å². The fourth-order valence-corrected chi connectivity index (χ4v) is 5.39. The van der Waals surface area contributed by atoms with Crippen molar-refractivity contribution in [1.82, 2.24) is 10.2 Å². The SMILES string of the molecule is CN=C(NCCOCCS(C)(=O)=O)N1CCSC2(CCCCC2)C1. The van der Waals surface area contributed by atoms with Crippen LogP contribution in [0.2, 0.25) is 0 Å². The first-order chi connectivity index (χ1) is 11.4. The predicted molar refractivity (Wildman–Crippen MR) is 102 cm³/mol. The highest BCUT2D eigenvalue weighted by atomic mass is 32.2. The number of ether oxygens (including phenoxy) is 1. The van der Waals surface area contributed by atoms with Crippen LogP contribution in [0.3, 0.4) is 0 Å². The van der Waals surface area contributed by atoms with Crippen LogP contribution >= 0.6 is 11.8 Å². The van der Waals surface area contributed by atoms with Gasteiger partial charge in [-0.3, -0.25) is 4.99 Å². The summed E-state index contributed by atoms with van der Waals surface area (Å²) in [5, 5.41) is 3.35. The van der Waals surface area contributed by atoms with Crippen LogP contribution in [0, 0.1) is 0 Å². The summed E-state index contributed by atoms with van der Waals surface area (Å²) in [7, 11) is -1.12. The van der Waals surface area contributed by atoms with Gasteiger partial charge >= 0.3 is 0 Å². The molecule has 1 aliphatic carbocycles. The van der Waals surface area contributed by atoms with Crippen molar-refractivity contribution in [3.8, 4) is 0 Å². The van der Waals surface area contributed by atoms with Gasteiger partial charge in [-0.1, -0.05) is 19.3 Å². The first kappa shape index (κ1) is 19.8. The number of thioether (sulfide) groups is 1. The number of nitrogens with one attached hydrogen (secondary N) is 1. The lowest BCUT2D eigenvalue weighted by Gasteiger charge is -2.45. The Morgan fingerprint density at radius 1 is 1.29 bits per heavy atom. The number of hydrogen-bond acceptors (Lipinski definition) is 5. The maximum Gasteiger partial charge on any atom is 0.193 e. The van der Waals surface area contributed by atoms with Crippen molar-refractivity contribution in [1.29, 1.82) is 0 Å². The van der Waals surface area contributed by atoms with Gasteiger partial charge in [-0.05, 0) is 12.8 Å². The van der Waals surface area contributed by atoms with E-state index in [-0.39, 0.29) is 12.4 Å². The minimum Gasteiger partial charge on any atom is -0.379 e. The smallest absolute Gasteiger partial charge is 0.193 e. The second-order valence-corrected chi connectivity index (χ2v) is 10.6. The summed E-state index contributed by atoms with van der Waals surface area (Å²) in [6, 6.07) is 0. The molecule has 0 unspecified atom stereocenters. The van der Waals surface area contributed by atoms with Gasteiger partial charge in [0.05, 0.1) is 19.0 Å². The third-order valence-corrected chi connectivity index (χ3v) is 7.10. The molecule has 6 nitrogen and oxygen atoms in total. The van der Waals surface area contributed by atoms with Crippen LogP contribution in [0.4, 0.5) is 0 Å². The third-order valence-electron chi connectivity index (χ3n) is 4.65. The van der Waals surface area contributed by atoms with Gasteiger partial charge in [-0.15, -0.1) is 0 Å². The zero-order valence-corrected chi connectivity index (χ0v) is 16.6. The van der Waals surface area contributed by atoms with E-state index in [1.165, 1.54) is 38.4 Å². The van der Waals surface area contributed by atoms with E-state index < -0.39 is 9.84 Å². The molecular weight excluding hydrogens is 346 g/mol. The lowest BCUT2D eigenvalue weighted by atomic mass is 9.87. The summed E-state index contributed by atoms with van der Waals surface area (Å²) in [5.41, 5.74) is 0. The molecule has 1 N–H and O–H groups in total. The van der Waals surface area contributed by atoms with Crippen molar-refractivity contribution in [3.05, 3.63) is 0 Å². The quantitative estimate of drug-likeness (QED) is 0.428. The largest absolute Gasteiger partial charge is 0.379 e. The van der Waals surface area contributed by atoms with Gasteiger partial charge in [0.2, 0.25) is 0 Å². The molecule has 2 fully saturated rings. The summed E-state index contributed by atoms with van der Waals surface area (Å²) >= 11 is 2.15.